The quantitative estimate of drug-likeness (QED) is 0.657. The van der Waals surface area contributed by atoms with Gasteiger partial charge in [0.1, 0.15) is 0 Å². The number of aromatic nitrogens is 1. The molecule has 5 heteroatoms. The van der Waals surface area contributed by atoms with Crippen molar-refractivity contribution in [3.05, 3.63) is 52.8 Å². The summed E-state index contributed by atoms with van der Waals surface area (Å²) in [4.78, 5) is 13.8. The average molecular weight is 270 g/mol. The molecule has 1 aromatic heterocycles. The normalized spacial score (nSPS) is 11.4. The minimum absolute atomic E-state index is 0.147. The summed E-state index contributed by atoms with van der Waals surface area (Å²) in [6.45, 7) is 5.94. The Kier molecular flexibility index (Phi) is 3.89. The molecule has 0 saturated carbocycles. The number of H-pyrrole nitrogens is 1. The molecule has 0 radical (unpaired) electrons. The summed E-state index contributed by atoms with van der Waals surface area (Å²) in [6.07, 6.45) is 1.94. The highest BCUT2D eigenvalue weighted by molar-refractivity contribution is 6.01. The van der Waals surface area contributed by atoms with Crippen molar-refractivity contribution in [2.75, 3.05) is 5.43 Å². The van der Waals surface area contributed by atoms with Gasteiger partial charge in [0.25, 0.3) is 0 Å². The van der Waals surface area contributed by atoms with Crippen LogP contribution in [-0.4, -0.2) is 16.7 Å². The van der Waals surface area contributed by atoms with Crippen LogP contribution in [0.4, 0.5) is 5.69 Å². The summed E-state index contributed by atoms with van der Waals surface area (Å²) < 4.78 is 0. The molecular formula is C15H16N3O2-. The number of aromatic amines is 1. The van der Waals surface area contributed by atoms with Crippen molar-refractivity contribution < 1.29 is 9.90 Å². The van der Waals surface area contributed by atoms with Gasteiger partial charge in [0.15, 0.2) is 0 Å². The number of anilines is 1. The predicted molar refractivity (Wildman–Crippen MR) is 76.9 cm³/mol. The molecule has 0 unspecified atom stereocenters. The lowest BCUT2D eigenvalue weighted by Crippen LogP contribution is -2.21. The van der Waals surface area contributed by atoms with Gasteiger partial charge in [-0.25, -0.2) is 0 Å². The van der Waals surface area contributed by atoms with E-state index in [1.165, 1.54) is 12.1 Å². The molecule has 0 spiro atoms. The number of nitrogens with zero attached hydrogens (tertiary/aromatic N) is 1. The predicted octanol–water partition coefficient (Wildman–Crippen LogP) is 1.83. The lowest BCUT2D eigenvalue weighted by Gasteiger charge is -2.06. The van der Waals surface area contributed by atoms with E-state index in [4.69, 9.17) is 0 Å². The molecular weight excluding hydrogens is 254 g/mol. The molecule has 0 fully saturated rings. The Morgan fingerprint density at radius 1 is 1.25 bits per heavy atom. The van der Waals surface area contributed by atoms with Crippen LogP contribution in [0.1, 0.15) is 34.1 Å². The fourth-order valence-corrected chi connectivity index (χ4v) is 2.10. The zero-order chi connectivity index (χ0) is 14.7. The monoisotopic (exact) mass is 270 g/mol. The van der Waals surface area contributed by atoms with Crippen molar-refractivity contribution in [3.8, 4) is 0 Å². The van der Waals surface area contributed by atoms with Gasteiger partial charge >= 0.3 is 0 Å². The third-order valence-electron chi connectivity index (χ3n) is 3.11. The number of benzene rings is 1. The lowest BCUT2D eigenvalue weighted by molar-refractivity contribution is -0.255. The molecule has 0 amide bonds. The van der Waals surface area contributed by atoms with Gasteiger partial charge in [-0.15, -0.1) is 0 Å². The number of carbonyl (C=O) groups excluding carboxylic acids is 1. The number of aryl methyl sites for hydroxylation is 2. The number of carbonyl (C=O) groups is 1. The Bertz CT molecular complexity index is 635. The van der Waals surface area contributed by atoms with Crippen molar-refractivity contribution in [1.82, 2.24) is 4.98 Å². The number of carboxylic acid groups (broad SMARTS) is 1. The van der Waals surface area contributed by atoms with Crippen molar-refractivity contribution in [1.29, 1.82) is 0 Å². The van der Waals surface area contributed by atoms with Gasteiger partial charge in [-0.3, -0.25) is 5.43 Å². The Morgan fingerprint density at radius 3 is 2.40 bits per heavy atom. The Hall–Kier alpha value is -2.56. The maximum Gasteiger partial charge on any atom is 0.0715 e. The molecule has 0 aliphatic carbocycles. The highest BCUT2D eigenvalue weighted by Crippen LogP contribution is 2.14. The van der Waals surface area contributed by atoms with Crippen LogP contribution in [0, 0.1) is 13.8 Å². The van der Waals surface area contributed by atoms with Gasteiger partial charge in [0, 0.05) is 17.5 Å². The molecule has 104 valence electrons. The number of hydrogen-bond donors (Lipinski definition) is 2. The Labute approximate surface area is 117 Å². The first-order valence-corrected chi connectivity index (χ1v) is 6.25. The zero-order valence-electron chi connectivity index (χ0n) is 11.7. The molecule has 1 heterocycles. The van der Waals surface area contributed by atoms with E-state index in [1.807, 2.05) is 27.0 Å². The number of hydrogen-bond acceptors (Lipinski definition) is 4. The number of carboxylic acids is 1. The van der Waals surface area contributed by atoms with E-state index in [0.29, 0.717) is 0 Å². The maximum atomic E-state index is 10.6. The van der Waals surface area contributed by atoms with Crippen LogP contribution in [0.2, 0.25) is 0 Å². The smallest absolute Gasteiger partial charge is 0.0715 e. The van der Waals surface area contributed by atoms with Crippen LogP contribution in [0.15, 0.2) is 35.6 Å². The standard InChI is InChI=1S/C15H17N3O2/c1-9-8-16-10(2)14(9)11(3)17-18-13-6-4-12(5-7-13)15(19)20/h4-8,16,18H,1-3H3,(H,19,20)/p-1/b17-11+. The summed E-state index contributed by atoms with van der Waals surface area (Å²) >= 11 is 0. The van der Waals surface area contributed by atoms with Gasteiger partial charge < -0.3 is 14.9 Å². The van der Waals surface area contributed by atoms with E-state index in [2.05, 4.69) is 15.5 Å². The number of rotatable bonds is 4. The Morgan fingerprint density at radius 2 is 1.90 bits per heavy atom. The zero-order valence-corrected chi connectivity index (χ0v) is 11.7. The highest BCUT2D eigenvalue weighted by Gasteiger charge is 2.07. The molecule has 0 saturated heterocycles. The fraction of sp³-hybridized carbons (Fsp3) is 0.200. The summed E-state index contributed by atoms with van der Waals surface area (Å²) in [5.74, 6) is -1.19. The van der Waals surface area contributed by atoms with E-state index >= 15 is 0 Å². The molecule has 2 N–H and O–H groups in total. The third kappa shape index (κ3) is 2.88. The van der Waals surface area contributed by atoms with Crippen molar-refractivity contribution in [2.45, 2.75) is 20.8 Å². The summed E-state index contributed by atoms with van der Waals surface area (Å²) in [6, 6.07) is 6.27. The van der Waals surface area contributed by atoms with Crippen LogP contribution in [0.3, 0.4) is 0 Å². The van der Waals surface area contributed by atoms with Crippen molar-refractivity contribution in [2.24, 2.45) is 5.10 Å². The van der Waals surface area contributed by atoms with Gasteiger partial charge in [0.05, 0.1) is 17.4 Å². The molecule has 5 nitrogen and oxygen atoms in total. The van der Waals surface area contributed by atoms with Gasteiger partial charge in [-0.1, -0.05) is 12.1 Å². The molecule has 0 atom stereocenters. The summed E-state index contributed by atoms with van der Waals surface area (Å²) in [7, 11) is 0. The van der Waals surface area contributed by atoms with E-state index in [-0.39, 0.29) is 5.56 Å². The van der Waals surface area contributed by atoms with Gasteiger partial charge in [-0.2, -0.15) is 5.10 Å². The largest absolute Gasteiger partial charge is 0.545 e. The van der Waals surface area contributed by atoms with Crippen LogP contribution >= 0.6 is 0 Å². The molecule has 1 aromatic carbocycles. The summed E-state index contributed by atoms with van der Waals surface area (Å²) in [5.41, 5.74) is 7.94. The molecule has 0 aliphatic rings. The average Bonchev–Trinajstić information content (AvgIpc) is 2.76. The first-order chi connectivity index (χ1) is 9.49. The van der Waals surface area contributed by atoms with Crippen molar-refractivity contribution in [3.63, 3.8) is 0 Å². The van der Waals surface area contributed by atoms with Crippen LogP contribution < -0.4 is 10.5 Å². The summed E-state index contributed by atoms with van der Waals surface area (Å²) in [5, 5.41) is 15.0. The van der Waals surface area contributed by atoms with Crippen molar-refractivity contribution >= 4 is 17.4 Å². The van der Waals surface area contributed by atoms with E-state index in [9.17, 15) is 9.90 Å². The van der Waals surface area contributed by atoms with E-state index in [0.717, 1.165) is 28.2 Å². The van der Waals surface area contributed by atoms with Gasteiger partial charge in [-0.05, 0) is 44.0 Å². The lowest BCUT2D eigenvalue weighted by atomic mass is 10.1. The number of aromatic carboxylic acids is 1. The number of hydrazone groups is 1. The minimum atomic E-state index is -1.19. The van der Waals surface area contributed by atoms with Crippen LogP contribution in [-0.2, 0) is 0 Å². The Balaban J connectivity index is 2.14. The number of nitrogens with one attached hydrogen (secondary N) is 2. The topological polar surface area (TPSA) is 80.3 Å². The first kappa shape index (κ1) is 13.9. The molecule has 2 aromatic rings. The molecule has 0 bridgehead atoms. The van der Waals surface area contributed by atoms with Crippen LogP contribution in [0.25, 0.3) is 0 Å². The SMILES string of the molecule is C/C(=N\Nc1ccc(C(=O)[O-])cc1)c1c(C)c[nH]c1C. The second-order valence-electron chi connectivity index (χ2n) is 4.65. The minimum Gasteiger partial charge on any atom is -0.545 e. The van der Waals surface area contributed by atoms with Gasteiger partial charge in [0.2, 0.25) is 0 Å². The third-order valence-corrected chi connectivity index (χ3v) is 3.11. The second kappa shape index (κ2) is 5.61. The maximum absolute atomic E-state index is 10.6. The highest BCUT2D eigenvalue weighted by atomic mass is 16.4. The molecule has 0 aliphatic heterocycles. The second-order valence-corrected chi connectivity index (χ2v) is 4.65. The fourth-order valence-electron chi connectivity index (χ4n) is 2.10. The molecule has 2 rings (SSSR count). The van der Waals surface area contributed by atoms with E-state index < -0.39 is 5.97 Å². The van der Waals surface area contributed by atoms with Crippen LogP contribution in [0.5, 0.6) is 0 Å². The first-order valence-electron chi connectivity index (χ1n) is 6.25. The molecule has 20 heavy (non-hydrogen) atoms. The van der Waals surface area contributed by atoms with E-state index in [1.54, 1.807) is 12.1 Å².